The predicted molar refractivity (Wildman–Crippen MR) is 182 cm³/mol. The van der Waals surface area contributed by atoms with Crippen molar-refractivity contribution < 1.29 is 36.3 Å². The fraction of sp³-hybridized carbons (Fsp3) is 0.286. The quantitative estimate of drug-likeness (QED) is 0.177. The van der Waals surface area contributed by atoms with Crippen LogP contribution in [0.2, 0.25) is 0 Å². The standard InChI is InChI=1S/C35H35F2N5O8S/c1-20(2)19-50-34(46)29(16-21-4-10-25(11-5-21)42-30(43)14-15-41(3)35(42)47)39-33(45)31-27(36)17-24(18-28(31)37)40-51(48,49)26-12-6-22(7-13-26)32(44)38-23-8-9-23/h4-7,10-15,17-18,20,23,29,40H,8-9,16,19H2,1-3H3,(H,38,44)(H,39,45)/t29-/m0/s1. The molecule has 4 aromatic rings. The summed E-state index contributed by atoms with van der Waals surface area (Å²) >= 11 is 0. The summed E-state index contributed by atoms with van der Waals surface area (Å²) in [6.07, 6.45) is 2.90. The molecule has 1 aliphatic carbocycles. The zero-order chi connectivity index (χ0) is 37.0. The SMILES string of the molecule is CC(C)COC(=O)[C@H](Cc1ccc(-n2c(=O)ccn(C)c2=O)cc1)NC(=O)c1c(F)cc(NS(=O)(=O)c2ccc(C(=O)NC3CC3)cc2)cc1F. The number of nitrogens with zero attached hydrogens (tertiary/aromatic N) is 2. The van der Waals surface area contributed by atoms with Gasteiger partial charge < -0.3 is 19.9 Å². The van der Waals surface area contributed by atoms with Crippen LogP contribution in [0, 0.1) is 17.6 Å². The number of nitrogens with one attached hydrogen (secondary N) is 3. The topological polar surface area (TPSA) is 175 Å². The molecule has 51 heavy (non-hydrogen) atoms. The summed E-state index contributed by atoms with van der Waals surface area (Å²) in [5.41, 5.74) is -1.77. The molecule has 0 radical (unpaired) electrons. The largest absolute Gasteiger partial charge is 0.464 e. The van der Waals surface area contributed by atoms with Crippen LogP contribution in [0.3, 0.4) is 0 Å². The Morgan fingerprint density at radius 3 is 2.14 bits per heavy atom. The van der Waals surface area contributed by atoms with E-state index in [2.05, 4.69) is 15.4 Å². The minimum atomic E-state index is -4.35. The fourth-order valence-corrected chi connectivity index (χ4v) is 5.98. The molecule has 1 saturated carbocycles. The molecule has 0 aliphatic heterocycles. The van der Waals surface area contributed by atoms with E-state index in [1.807, 2.05) is 0 Å². The number of carbonyl (C=O) groups excluding carboxylic acids is 3. The van der Waals surface area contributed by atoms with E-state index < -0.39 is 62.1 Å². The average molecular weight is 724 g/mol. The lowest BCUT2D eigenvalue weighted by molar-refractivity contribution is -0.147. The lowest BCUT2D eigenvalue weighted by Crippen LogP contribution is -2.44. The van der Waals surface area contributed by atoms with Gasteiger partial charge in [0.2, 0.25) is 0 Å². The molecule has 3 aromatic carbocycles. The second kappa shape index (κ2) is 15.1. The molecular formula is C35H35F2N5O8S. The van der Waals surface area contributed by atoms with Crippen LogP contribution < -0.4 is 26.6 Å². The molecule has 0 saturated heterocycles. The smallest absolute Gasteiger partial charge is 0.335 e. The Hall–Kier alpha value is -5.64. The van der Waals surface area contributed by atoms with Crippen molar-refractivity contribution in [2.24, 2.45) is 13.0 Å². The molecule has 1 heterocycles. The molecule has 268 valence electrons. The number of hydrogen-bond acceptors (Lipinski definition) is 8. The molecule has 1 atom stereocenters. The minimum absolute atomic E-state index is 0.00168. The van der Waals surface area contributed by atoms with E-state index in [4.69, 9.17) is 4.74 Å². The Morgan fingerprint density at radius 2 is 1.55 bits per heavy atom. The maximum atomic E-state index is 15.3. The Kier molecular flexibility index (Phi) is 10.8. The van der Waals surface area contributed by atoms with Crippen LogP contribution in [0.4, 0.5) is 14.5 Å². The van der Waals surface area contributed by atoms with Gasteiger partial charge in [0.25, 0.3) is 27.4 Å². The molecule has 1 fully saturated rings. The van der Waals surface area contributed by atoms with Crippen LogP contribution in [-0.2, 0) is 33.0 Å². The third-order valence-electron chi connectivity index (χ3n) is 7.80. The van der Waals surface area contributed by atoms with E-state index in [1.165, 1.54) is 72.4 Å². The van der Waals surface area contributed by atoms with Crippen molar-refractivity contribution in [3.05, 3.63) is 122 Å². The lowest BCUT2D eigenvalue weighted by Gasteiger charge is -2.19. The molecule has 0 unspecified atom stereocenters. The van der Waals surface area contributed by atoms with Gasteiger partial charge in [-0.1, -0.05) is 26.0 Å². The van der Waals surface area contributed by atoms with E-state index >= 15 is 8.78 Å². The Labute approximate surface area is 291 Å². The number of aromatic nitrogens is 2. The molecule has 0 bridgehead atoms. The van der Waals surface area contributed by atoms with E-state index in [9.17, 15) is 32.4 Å². The molecule has 13 nitrogen and oxygen atoms in total. The summed E-state index contributed by atoms with van der Waals surface area (Å²) in [6, 6.07) is 12.1. The first-order valence-electron chi connectivity index (χ1n) is 15.9. The molecule has 5 rings (SSSR count). The van der Waals surface area contributed by atoms with Gasteiger partial charge >= 0.3 is 11.7 Å². The fourth-order valence-electron chi connectivity index (χ4n) is 4.94. The Morgan fingerprint density at radius 1 is 0.922 bits per heavy atom. The van der Waals surface area contributed by atoms with Crippen LogP contribution in [0.15, 0.2) is 87.4 Å². The first kappa shape index (κ1) is 36.6. The summed E-state index contributed by atoms with van der Waals surface area (Å²) < 4.78 is 66.0. The maximum absolute atomic E-state index is 15.3. The van der Waals surface area contributed by atoms with Gasteiger partial charge in [-0.25, -0.2) is 31.4 Å². The molecule has 16 heteroatoms. The van der Waals surface area contributed by atoms with Crippen LogP contribution in [0.5, 0.6) is 0 Å². The third kappa shape index (κ3) is 8.94. The molecule has 0 spiro atoms. The first-order valence-corrected chi connectivity index (χ1v) is 17.4. The molecule has 2 amide bonds. The van der Waals surface area contributed by atoms with Crippen LogP contribution in [0.25, 0.3) is 5.69 Å². The monoisotopic (exact) mass is 723 g/mol. The number of carbonyl (C=O) groups is 3. The number of amides is 2. The minimum Gasteiger partial charge on any atom is -0.464 e. The van der Waals surface area contributed by atoms with Crippen molar-refractivity contribution >= 4 is 33.5 Å². The van der Waals surface area contributed by atoms with Crippen molar-refractivity contribution in [1.82, 2.24) is 19.8 Å². The lowest BCUT2D eigenvalue weighted by atomic mass is 10.0. The van der Waals surface area contributed by atoms with Crippen LogP contribution in [0.1, 0.15) is 53.0 Å². The van der Waals surface area contributed by atoms with Crippen molar-refractivity contribution in [2.45, 2.75) is 50.1 Å². The number of aryl methyl sites for hydroxylation is 1. The van der Waals surface area contributed by atoms with Gasteiger partial charge in [-0.3, -0.25) is 19.1 Å². The highest BCUT2D eigenvalue weighted by molar-refractivity contribution is 7.92. The highest BCUT2D eigenvalue weighted by atomic mass is 32.2. The molecular weight excluding hydrogens is 688 g/mol. The first-order chi connectivity index (χ1) is 24.1. The highest BCUT2D eigenvalue weighted by Gasteiger charge is 2.28. The number of rotatable bonds is 13. The average Bonchev–Trinajstić information content (AvgIpc) is 3.89. The van der Waals surface area contributed by atoms with Gasteiger partial charge in [0.1, 0.15) is 23.2 Å². The van der Waals surface area contributed by atoms with Gasteiger partial charge in [-0.05, 0) is 72.9 Å². The third-order valence-corrected chi connectivity index (χ3v) is 9.20. The normalized spacial score (nSPS) is 13.4. The zero-order valence-electron chi connectivity index (χ0n) is 27.8. The predicted octanol–water partition coefficient (Wildman–Crippen LogP) is 3.05. The van der Waals surface area contributed by atoms with Crippen molar-refractivity contribution in [3.63, 3.8) is 0 Å². The van der Waals surface area contributed by atoms with Gasteiger partial charge in [-0.15, -0.1) is 0 Å². The van der Waals surface area contributed by atoms with E-state index in [-0.39, 0.29) is 47.0 Å². The van der Waals surface area contributed by atoms with E-state index in [1.54, 1.807) is 13.8 Å². The molecule has 1 aliphatic rings. The van der Waals surface area contributed by atoms with Crippen LogP contribution >= 0.6 is 0 Å². The summed E-state index contributed by atoms with van der Waals surface area (Å²) in [7, 11) is -2.87. The van der Waals surface area contributed by atoms with Crippen molar-refractivity contribution in [3.8, 4) is 5.69 Å². The molecule has 3 N–H and O–H groups in total. The summed E-state index contributed by atoms with van der Waals surface area (Å²) in [5, 5.41) is 5.09. The van der Waals surface area contributed by atoms with Crippen LogP contribution in [-0.4, -0.2) is 54.0 Å². The number of benzene rings is 3. The van der Waals surface area contributed by atoms with E-state index in [0.717, 1.165) is 17.4 Å². The summed E-state index contributed by atoms with van der Waals surface area (Å²) in [6.45, 7) is 3.58. The van der Waals surface area contributed by atoms with E-state index in [0.29, 0.717) is 17.7 Å². The summed E-state index contributed by atoms with van der Waals surface area (Å²) in [5.74, 6) is -5.42. The second-order valence-electron chi connectivity index (χ2n) is 12.5. The highest BCUT2D eigenvalue weighted by Crippen LogP contribution is 2.24. The zero-order valence-corrected chi connectivity index (χ0v) is 28.6. The van der Waals surface area contributed by atoms with Gasteiger partial charge in [0, 0.05) is 37.3 Å². The van der Waals surface area contributed by atoms with Crippen molar-refractivity contribution in [1.29, 1.82) is 0 Å². The Balaban J connectivity index is 1.32. The number of sulfonamides is 1. The number of hydrogen-bond donors (Lipinski definition) is 3. The Bertz CT molecular complexity index is 2170. The second-order valence-corrected chi connectivity index (χ2v) is 14.2. The number of anilines is 1. The van der Waals surface area contributed by atoms with Gasteiger partial charge in [0.05, 0.1) is 22.9 Å². The molecule has 1 aromatic heterocycles. The van der Waals surface area contributed by atoms with Gasteiger partial charge in [-0.2, -0.15) is 0 Å². The number of halogens is 2. The maximum Gasteiger partial charge on any atom is 0.335 e. The number of ether oxygens (including phenoxy) is 1. The summed E-state index contributed by atoms with van der Waals surface area (Å²) in [4.78, 5) is 63.0. The van der Waals surface area contributed by atoms with Crippen molar-refractivity contribution in [2.75, 3.05) is 11.3 Å². The van der Waals surface area contributed by atoms with Gasteiger partial charge in [0.15, 0.2) is 0 Å². The number of esters is 1.